The van der Waals surface area contributed by atoms with Crippen molar-refractivity contribution in [3.63, 3.8) is 0 Å². The van der Waals surface area contributed by atoms with Crippen LogP contribution in [0.25, 0.3) is 0 Å². The summed E-state index contributed by atoms with van der Waals surface area (Å²) in [7, 11) is 0. The van der Waals surface area contributed by atoms with Gasteiger partial charge in [0.05, 0.1) is 0 Å². The quantitative estimate of drug-likeness (QED) is 0.739. The van der Waals surface area contributed by atoms with Gasteiger partial charge in [0.2, 0.25) is 0 Å². The van der Waals surface area contributed by atoms with E-state index in [-0.39, 0.29) is 11.0 Å². The molecule has 0 aliphatic carbocycles. The van der Waals surface area contributed by atoms with Gasteiger partial charge in [0.25, 0.3) is 0 Å². The summed E-state index contributed by atoms with van der Waals surface area (Å²) in [5, 5.41) is 0. The van der Waals surface area contributed by atoms with Crippen LogP contribution in [0.15, 0.2) is 18.2 Å². The summed E-state index contributed by atoms with van der Waals surface area (Å²) in [4.78, 5) is 0. The second-order valence-corrected chi connectivity index (χ2v) is 4.51. The highest BCUT2D eigenvalue weighted by molar-refractivity contribution is 5.23. The van der Waals surface area contributed by atoms with Gasteiger partial charge in [0, 0.05) is 11.6 Å². The van der Waals surface area contributed by atoms with Gasteiger partial charge >= 0.3 is 0 Å². The molecule has 0 fully saturated rings. The van der Waals surface area contributed by atoms with Crippen molar-refractivity contribution in [2.45, 2.75) is 26.8 Å². The van der Waals surface area contributed by atoms with Crippen molar-refractivity contribution in [2.75, 3.05) is 0 Å². The summed E-state index contributed by atoms with van der Waals surface area (Å²) < 4.78 is 26.2. The topological polar surface area (TPSA) is 26.0 Å². The van der Waals surface area contributed by atoms with Crippen LogP contribution in [0.5, 0.6) is 0 Å². The Hall–Kier alpha value is -0.960. The third-order valence-electron chi connectivity index (χ3n) is 2.23. The number of hydrogen-bond acceptors (Lipinski definition) is 1. The van der Waals surface area contributed by atoms with Crippen LogP contribution in [0.2, 0.25) is 0 Å². The van der Waals surface area contributed by atoms with E-state index >= 15 is 0 Å². The zero-order valence-electron chi connectivity index (χ0n) is 8.64. The number of benzene rings is 1. The van der Waals surface area contributed by atoms with E-state index in [0.29, 0.717) is 0 Å². The third-order valence-corrected chi connectivity index (χ3v) is 2.23. The lowest BCUT2D eigenvalue weighted by molar-refractivity contribution is 0.318. The van der Waals surface area contributed by atoms with Gasteiger partial charge in [-0.2, -0.15) is 0 Å². The van der Waals surface area contributed by atoms with Crippen LogP contribution in [0, 0.1) is 17.0 Å². The molecular weight excluding hydrogens is 184 g/mol. The molecule has 1 nitrogen and oxygen atoms in total. The third kappa shape index (κ3) is 2.29. The van der Waals surface area contributed by atoms with E-state index in [2.05, 4.69) is 0 Å². The minimum atomic E-state index is -0.502. The molecule has 0 spiro atoms. The molecule has 2 N–H and O–H groups in total. The van der Waals surface area contributed by atoms with Crippen molar-refractivity contribution in [2.24, 2.45) is 11.1 Å². The van der Waals surface area contributed by atoms with Gasteiger partial charge in [0.1, 0.15) is 11.6 Å². The van der Waals surface area contributed by atoms with Crippen LogP contribution >= 0.6 is 0 Å². The first-order valence-corrected chi connectivity index (χ1v) is 4.53. The second kappa shape index (κ2) is 3.65. The van der Waals surface area contributed by atoms with Crippen molar-refractivity contribution < 1.29 is 8.78 Å². The fraction of sp³-hybridized carbons (Fsp3) is 0.455. The minimum Gasteiger partial charge on any atom is -0.323 e. The molecule has 0 amide bonds. The SMILES string of the molecule is CC(C)(C)C(N)c1cc(F)ccc1F. The van der Waals surface area contributed by atoms with E-state index in [1.807, 2.05) is 20.8 Å². The highest BCUT2D eigenvalue weighted by atomic mass is 19.1. The molecule has 14 heavy (non-hydrogen) atoms. The summed E-state index contributed by atoms with van der Waals surface area (Å²) in [5.41, 5.74) is 5.79. The van der Waals surface area contributed by atoms with Gasteiger partial charge in [-0.05, 0) is 23.6 Å². The Labute approximate surface area is 82.9 Å². The number of rotatable bonds is 1. The molecule has 0 aliphatic rings. The summed E-state index contributed by atoms with van der Waals surface area (Å²) in [6.07, 6.45) is 0. The molecule has 3 heteroatoms. The Morgan fingerprint density at radius 1 is 1.21 bits per heavy atom. The van der Waals surface area contributed by atoms with E-state index in [1.165, 1.54) is 0 Å². The fourth-order valence-electron chi connectivity index (χ4n) is 1.22. The Kier molecular flexibility index (Phi) is 2.90. The molecule has 1 aromatic carbocycles. The fourth-order valence-corrected chi connectivity index (χ4v) is 1.22. The van der Waals surface area contributed by atoms with E-state index < -0.39 is 17.7 Å². The summed E-state index contributed by atoms with van der Waals surface area (Å²) >= 11 is 0. The zero-order chi connectivity index (χ0) is 10.9. The molecule has 0 bridgehead atoms. The maximum Gasteiger partial charge on any atom is 0.128 e. The average molecular weight is 199 g/mol. The number of nitrogens with two attached hydrogens (primary N) is 1. The van der Waals surface area contributed by atoms with Gasteiger partial charge in [0.15, 0.2) is 0 Å². The van der Waals surface area contributed by atoms with E-state index in [4.69, 9.17) is 5.73 Å². The molecule has 1 rings (SSSR count). The molecule has 0 aliphatic heterocycles. The van der Waals surface area contributed by atoms with E-state index in [0.717, 1.165) is 18.2 Å². The first kappa shape index (κ1) is 11.1. The molecule has 0 radical (unpaired) electrons. The lowest BCUT2D eigenvalue weighted by Crippen LogP contribution is -2.27. The van der Waals surface area contributed by atoms with Gasteiger partial charge in [-0.1, -0.05) is 20.8 Å². The van der Waals surface area contributed by atoms with Crippen LogP contribution in [0.1, 0.15) is 32.4 Å². The molecule has 1 atom stereocenters. The largest absolute Gasteiger partial charge is 0.323 e. The smallest absolute Gasteiger partial charge is 0.128 e. The van der Waals surface area contributed by atoms with Crippen LogP contribution in [-0.4, -0.2) is 0 Å². The summed E-state index contributed by atoms with van der Waals surface area (Å²) in [6.45, 7) is 5.67. The van der Waals surface area contributed by atoms with Crippen molar-refractivity contribution in [3.05, 3.63) is 35.4 Å². The lowest BCUT2D eigenvalue weighted by atomic mass is 9.83. The van der Waals surface area contributed by atoms with Gasteiger partial charge < -0.3 is 5.73 Å². The molecule has 0 aromatic heterocycles. The highest BCUT2D eigenvalue weighted by Crippen LogP contribution is 2.31. The predicted molar refractivity (Wildman–Crippen MR) is 52.7 cm³/mol. The van der Waals surface area contributed by atoms with Crippen molar-refractivity contribution in [3.8, 4) is 0 Å². The molecule has 1 aromatic rings. The Bertz CT molecular complexity index is 329. The monoisotopic (exact) mass is 199 g/mol. The average Bonchev–Trinajstić information content (AvgIpc) is 2.06. The summed E-state index contributed by atoms with van der Waals surface area (Å²) in [6, 6.07) is 2.86. The van der Waals surface area contributed by atoms with Gasteiger partial charge in [-0.15, -0.1) is 0 Å². The molecule has 0 saturated carbocycles. The normalized spacial score (nSPS) is 14.1. The summed E-state index contributed by atoms with van der Waals surface area (Å²) in [5.74, 6) is -0.907. The molecule has 78 valence electrons. The Morgan fingerprint density at radius 2 is 1.79 bits per heavy atom. The van der Waals surface area contributed by atoms with E-state index in [1.54, 1.807) is 0 Å². The minimum absolute atomic E-state index is 0.234. The van der Waals surface area contributed by atoms with Gasteiger partial charge in [-0.25, -0.2) is 8.78 Å². The molecule has 0 saturated heterocycles. The van der Waals surface area contributed by atoms with Crippen LogP contribution in [0.3, 0.4) is 0 Å². The van der Waals surface area contributed by atoms with Crippen molar-refractivity contribution in [1.29, 1.82) is 0 Å². The second-order valence-electron chi connectivity index (χ2n) is 4.51. The maximum absolute atomic E-state index is 13.3. The van der Waals surface area contributed by atoms with Crippen LogP contribution in [0.4, 0.5) is 8.78 Å². The van der Waals surface area contributed by atoms with E-state index in [9.17, 15) is 8.78 Å². The first-order chi connectivity index (χ1) is 6.32. The van der Waals surface area contributed by atoms with Crippen LogP contribution < -0.4 is 5.73 Å². The predicted octanol–water partition coefficient (Wildman–Crippen LogP) is 3.01. The number of halogens is 2. The van der Waals surface area contributed by atoms with Crippen LogP contribution in [-0.2, 0) is 0 Å². The molecular formula is C11H15F2N. The first-order valence-electron chi connectivity index (χ1n) is 4.53. The van der Waals surface area contributed by atoms with Crippen molar-refractivity contribution >= 4 is 0 Å². The lowest BCUT2D eigenvalue weighted by Gasteiger charge is -2.27. The van der Waals surface area contributed by atoms with Gasteiger partial charge in [-0.3, -0.25) is 0 Å². The molecule has 0 heterocycles. The van der Waals surface area contributed by atoms with Crippen molar-refractivity contribution in [1.82, 2.24) is 0 Å². The maximum atomic E-state index is 13.3. The Balaban J connectivity index is 3.12. The highest BCUT2D eigenvalue weighted by Gasteiger charge is 2.25. The number of hydrogen-bond donors (Lipinski definition) is 1. The Morgan fingerprint density at radius 3 is 2.29 bits per heavy atom. The zero-order valence-corrected chi connectivity index (χ0v) is 8.64. The molecule has 1 unspecified atom stereocenters. The standard InChI is InChI=1S/C11H15F2N/c1-11(2,3)10(14)8-6-7(12)4-5-9(8)13/h4-6,10H,14H2,1-3H3.